The molecular formula is C19H24FN3O2. The first-order valence-electron chi connectivity index (χ1n) is 8.77. The fraction of sp³-hybridized carbons (Fsp3) is 0.474. The third-order valence-corrected chi connectivity index (χ3v) is 4.73. The molecule has 0 aliphatic carbocycles. The van der Waals surface area contributed by atoms with Gasteiger partial charge in [-0.2, -0.15) is 5.10 Å². The number of hydrogen-bond donors (Lipinski definition) is 1. The van der Waals surface area contributed by atoms with E-state index >= 15 is 0 Å². The smallest absolute Gasteiger partial charge is 0.271 e. The fourth-order valence-corrected chi connectivity index (χ4v) is 3.41. The van der Waals surface area contributed by atoms with Crippen LogP contribution in [0.3, 0.4) is 0 Å². The maximum Gasteiger partial charge on any atom is 0.271 e. The van der Waals surface area contributed by atoms with Crippen LogP contribution in [-0.2, 0) is 4.74 Å². The Bertz CT molecular complexity index is 716. The van der Waals surface area contributed by atoms with Crippen molar-refractivity contribution in [3.63, 3.8) is 0 Å². The summed E-state index contributed by atoms with van der Waals surface area (Å²) in [5.74, 6) is 0.109. The van der Waals surface area contributed by atoms with E-state index in [0.717, 1.165) is 45.4 Å². The zero-order valence-electron chi connectivity index (χ0n) is 14.5. The molecule has 1 N–H and O–H groups in total. The lowest BCUT2D eigenvalue weighted by Gasteiger charge is -2.32. The summed E-state index contributed by atoms with van der Waals surface area (Å²) in [4.78, 5) is 14.6. The van der Waals surface area contributed by atoms with Crippen molar-refractivity contribution in [1.82, 2.24) is 15.1 Å². The quantitative estimate of drug-likeness (QED) is 0.815. The average molecular weight is 345 g/mol. The number of piperidine rings is 1. The Morgan fingerprint density at radius 2 is 2.28 bits per heavy atom. The van der Waals surface area contributed by atoms with Crippen LogP contribution in [0, 0.1) is 11.7 Å². The lowest BCUT2D eigenvalue weighted by Crippen LogP contribution is -2.40. The molecule has 3 rings (SSSR count). The van der Waals surface area contributed by atoms with Crippen LogP contribution in [0.25, 0.3) is 11.3 Å². The van der Waals surface area contributed by atoms with Gasteiger partial charge in [-0.1, -0.05) is 12.1 Å². The second kappa shape index (κ2) is 8.25. The van der Waals surface area contributed by atoms with E-state index in [1.54, 1.807) is 31.4 Å². The maximum atomic E-state index is 13.9. The van der Waals surface area contributed by atoms with Gasteiger partial charge in [0.2, 0.25) is 0 Å². The molecule has 1 fully saturated rings. The number of nitrogens with one attached hydrogen (secondary N) is 1. The zero-order chi connectivity index (χ0) is 17.6. The zero-order valence-corrected chi connectivity index (χ0v) is 14.5. The van der Waals surface area contributed by atoms with Gasteiger partial charge in [0.1, 0.15) is 11.5 Å². The molecule has 1 saturated heterocycles. The molecule has 2 aromatic rings. The molecule has 2 heterocycles. The third-order valence-electron chi connectivity index (χ3n) is 4.73. The summed E-state index contributed by atoms with van der Waals surface area (Å²) >= 11 is 0. The molecule has 0 radical (unpaired) electrons. The molecule has 134 valence electrons. The first-order chi connectivity index (χ1) is 12.2. The predicted molar refractivity (Wildman–Crippen MR) is 93.7 cm³/mol. The Hall–Kier alpha value is -2.21. The molecule has 1 aromatic heterocycles. The molecule has 1 aliphatic heterocycles. The number of halogens is 1. The number of carbonyl (C=O) groups is 1. The Kier molecular flexibility index (Phi) is 5.81. The molecule has 1 amide bonds. The van der Waals surface area contributed by atoms with Crippen molar-refractivity contribution in [2.75, 3.05) is 26.8 Å². The number of nitrogens with zero attached hydrogens (tertiary/aromatic N) is 2. The second-order valence-corrected chi connectivity index (χ2v) is 6.54. The van der Waals surface area contributed by atoms with Gasteiger partial charge in [0.25, 0.3) is 5.91 Å². The van der Waals surface area contributed by atoms with Gasteiger partial charge >= 0.3 is 0 Å². The van der Waals surface area contributed by atoms with Crippen LogP contribution < -0.4 is 0 Å². The summed E-state index contributed by atoms with van der Waals surface area (Å²) in [6.45, 7) is 2.28. The van der Waals surface area contributed by atoms with Crippen LogP contribution in [0.1, 0.15) is 36.2 Å². The van der Waals surface area contributed by atoms with Crippen molar-refractivity contribution in [2.45, 2.75) is 25.7 Å². The van der Waals surface area contributed by atoms with E-state index in [9.17, 15) is 9.18 Å². The summed E-state index contributed by atoms with van der Waals surface area (Å²) in [5.41, 5.74) is 1.26. The van der Waals surface area contributed by atoms with Crippen LogP contribution in [0.4, 0.5) is 4.39 Å². The van der Waals surface area contributed by atoms with Crippen molar-refractivity contribution in [1.29, 1.82) is 0 Å². The number of rotatable bonds is 6. The largest absolute Gasteiger partial charge is 0.385 e. The lowest BCUT2D eigenvalue weighted by molar-refractivity contribution is 0.0654. The number of likely N-dealkylation sites (tertiary alicyclic amines) is 1. The Labute approximate surface area is 147 Å². The molecule has 5 nitrogen and oxygen atoms in total. The minimum Gasteiger partial charge on any atom is -0.385 e. The SMILES string of the molecule is COCCCC1CCCN(C(=O)c2cc(-c3ccccc3F)n[nH]2)C1. The number of amides is 1. The molecule has 0 bridgehead atoms. The summed E-state index contributed by atoms with van der Waals surface area (Å²) in [7, 11) is 1.71. The van der Waals surface area contributed by atoms with Gasteiger partial charge in [-0.15, -0.1) is 0 Å². The van der Waals surface area contributed by atoms with Crippen molar-refractivity contribution in [2.24, 2.45) is 5.92 Å². The minimum atomic E-state index is -0.343. The van der Waals surface area contributed by atoms with Gasteiger partial charge in [-0.3, -0.25) is 9.89 Å². The summed E-state index contributed by atoms with van der Waals surface area (Å²) in [5, 5.41) is 6.88. The molecule has 1 aromatic carbocycles. The Morgan fingerprint density at radius 1 is 1.44 bits per heavy atom. The topological polar surface area (TPSA) is 58.2 Å². The normalized spacial score (nSPS) is 17.7. The number of aromatic nitrogens is 2. The second-order valence-electron chi connectivity index (χ2n) is 6.54. The van der Waals surface area contributed by atoms with E-state index in [-0.39, 0.29) is 11.7 Å². The van der Waals surface area contributed by atoms with Crippen LogP contribution in [0.2, 0.25) is 0 Å². The van der Waals surface area contributed by atoms with Gasteiger partial charge in [-0.25, -0.2) is 4.39 Å². The van der Waals surface area contributed by atoms with Crippen molar-refractivity contribution in [3.05, 3.63) is 41.8 Å². The van der Waals surface area contributed by atoms with E-state index in [0.29, 0.717) is 22.9 Å². The molecular weight excluding hydrogens is 321 g/mol. The maximum absolute atomic E-state index is 13.9. The first kappa shape index (κ1) is 17.6. The van der Waals surface area contributed by atoms with E-state index in [1.807, 2.05) is 4.90 Å². The number of carbonyl (C=O) groups excluding carboxylic acids is 1. The molecule has 0 saturated carbocycles. The highest BCUT2D eigenvalue weighted by molar-refractivity contribution is 5.93. The number of aromatic amines is 1. The van der Waals surface area contributed by atoms with E-state index in [4.69, 9.17) is 4.74 Å². The average Bonchev–Trinajstić information content (AvgIpc) is 3.12. The van der Waals surface area contributed by atoms with Gasteiger partial charge in [0, 0.05) is 32.4 Å². The molecule has 1 unspecified atom stereocenters. The number of methoxy groups -OCH3 is 1. The highest BCUT2D eigenvalue weighted by atomic mass is 19.1. The van der Waals surface area contributed by atoms with Gasteiger partial charge in [-0.05, 0) is 49.8 Å². The number of ether oxygens (including phenoxy) is 1. The molecule has 1 atom stereocenters. The number of H-pyrrole nitrogens is 1. The minimum absolute atomic E-state index is 0.0634. The molecule has 1 aliphatic rings. The summed E-state index contributed by atoms with van der Waals surface area (Å²) < 4.78 is 19.0. The highest BCUT2D eigenvalue weighted by Crippen LogP contribution is 2.24. The highest BCUT2D eigenvalue weighted by Gasteiger charge is 2.25. The van der Waals surface area contributed by atoms with Crippen LogP contribution in [0.15, 0.2) is 30.3 Å². The Balaban J connectivity index is 1.66. The lowest BCUT2D eigenvalue weighted by atomic mass is 9.93. The third kappa shape index (κ3) is 4.25. The fourth-order valence-electron chi connectivity index (χ4n) is 3.41. The van der Waals surface area contributed by atoms with E-state index in [2.05, 4.69) is 10.2 Å². The summed E-state index contributed by atoms with van der Waals surface area (Å²) in [6.07, 6.45) is 4.25. The van der Waals surface area contributed by atoms with E-state index < -0.39 is 0 Å². The Morgan fingerprint density at radius 3 is 3.08 bits per heavy atom. The number of hydrogen-bond acceptors (Lipinski definition) is 3. The van der Waals surface area contributed by atoms with Crippen LogP contribution in [-0.4, -0.2) is 47.8 Å². The van der Waals surface area contributed by atoms with Gasteiger partial charge in [0.05, 0.1) is 5.69 Å². The molecule has 6 heteroatoms. The van der Waals surface area contributed by atoms with Gasteiger partial charge < -0.3 is 9.64 Å². The summed E-state index contributed by atoms with van der Waals surface area (Å²) in [6, 6.07) is 8.07. The molecule has 0 spiro atoms. The monoisotopic (exact) mass is 345 g/mol. The predicted octanol–water partition coefficient (Wildman–Crippen LogP) is 3.49. The van der Waals surface area contributed by atoms with Crippen molar-refractivity contribution < 1.29 is 13.9 Å². The van der Waals surface area contributed by atoms with Crippen molar-refractivity contribution >= 4 is 5.91 Å². The van der Waals surface area contributed by atoms with E-state index in [1.165, 1.54) is 6.07 Å². The van der Waals surface area contributed by atoms with Crippen molar-refractivity contribution in [3.8, 4) is 11.3 Å². The van der Waals surface area contributed by atoms with Gasteiger partial charge in [0.15, 0.2) is 0 Å². The first-order valence-corrected chi connectivity index (χ1v) is 8.77. The van der Waals surface area contributed by atoms with Crippen LogP contribution >= 0.6 is 0 Å². The standard InChI is InChI=1S/C19H24FN3O2/c1-25-11-5-7-14-6-4-10-23(13-14)19(24)18-12-17(21-22-18)15-8-2-3-9-16(15)20/h2-3,8-9,12,14H,4-7,10-11,13H2,1H3,(H,21,22). The molecule has 25 heavy (non-hydrogen) atoms. The van der Waals surface area contributed by atoms with Crippen LogP contribution in [0.5, 0.6) is 0 Å². The number of benzene rings is 1.